The molecule has 6 heteroatoms. The molecule has 0 aromatic carbocycles. The predicted molar refractivity (Wildman–Crippen MR) is 73.6 cm³/mol. The first kappa shape index (κ1) is 15.8. The van der Waals surface area contributed by atoms with Gasteiger partial charge in [-0.2, -0.15) is 5.26 Å². The van der Waals surface area contributed by atoms with Crippen molar-refractivity contribution in [3.05, 3.63) is 11.8 Å². The number of amides is 1. The van der Waals surface area contributed by atoms with E-state index >= 15 is 0 Å². The third-order valence-corrected chi connectivity index (χ3v) is 3.03. The van der Waals surface area contributed by atoms with Gasteiger partial charge in [0, 0.05) is 31.7 Å². The number of hydrogen-bond donors (Lipinski definition) is 1. The van der Waals surface area contributed by atoms with E-state index in [1.54, 1.807) is 4.90 Å². The first-order valence-electron chi connectivity index (χ1n) is 6.42. The molecule has 2 unspecified atom stereocenters. The summed E-state index contributed by atoms with van der Waals surface area (Å²) in [6.45, 7) is 5.53. The maximum atomic E-state index is 12.2. The van der Waals surface area contributed by atoms with Crippen LogP contribution in [0.5, 0.6) is 0 Å². The molecular formula is C13H20ClN3O2. The molecule has 0 aliphatic carbocycles. The van der Waals surface area contributed by atoms with Crippen LogP contribution in [0.4, 0.5) is 0 Å². The van der Waals surface area contributed by atoms with Gasteiger partial charge in [-0.1, -0.05) is 0 Å². The Hall–Kier alpha value is -1.25. The van der Waals surface area contributed by atoms with Gasteiger partial charge in [0.1, 0.15) is 11.6 Å². The average Bonchev–Trinajstić information content (AvgIpc) is 2.37. The Morgan fingerprint density at radius 2 is 2.16 bits per heavy atom. The van der Waals surface area contributed by atoms with E-state index in [2.05, 4.69) is 5.32 Å². The Bertz CT molecular complexity index is 369. The van der Waals surface area contributed by atoms with Gasteiger partial charge in [-0.15, -0.1) is 11.6 Å². The quantitative estimate of drug-likeness (QED) is 0.357. The van der Waals surface area contributed by atoms with Crippen molar-refractivity contribution < 1.29 is 9.53 Å². The van der Waals surface area contributed by atoms with E-state index in [1.165, 1.54) is 6.20 Å². The summed E-state index contributed by atoms with van der Waals surface area (Å²) in [5, 5.41) is 12.0. The van der Waals surface area contributed by atoms with Crippen molar-refractivity contribution in [1.29, 1.82) is 5.26 Å². The number of halogens is 1. The highest BCUT2D eigenvalue weighted by Gasteiger charge is 2.27. The molecule has 2 atom stereocenters. The molecule has 0 bridgehead atoms. The van der Waals surface area contributed by atoms with E-state index < -0.39 is 0 Å². The molecule has 0 spiro atoms. The molecule has 1 saturated heterocycles. The molecule has 0 saturated carbocycles. The fourth-order valence-electron chi connectivity index (χ4n) is 2.00. The van der Waals surface area contributed by atoms with E-state index in [-0.39, 0.29) is 23.7 Å². The fourth-order valence-corrected chi connectivity index (χ4v) is 2.13. The fraction of sp³-hybridized carbons (Fsp3) is 0.692. The summed E-state index contributed by atoms with van der Waals surface area (Å²) in [6, 6.07) is 1.94. The molecule has 0 aromatic rings. The average molecular weight is 286 g/mol. The summed E-state index contributed by atoms with van der Waals surface area (Å²) in [5.41, 5.74) is 0.121. The van der Waals surface area contributed by atoms with Gasteiger partial charge in [0.05, 0.1) is 12.2 Å². The summed E-state index contributed by atoms with van der Waals surface area (Å²) in [6.07, 6.45) is 2.25. The number of morpholine rings is 1. The molecule has 1 N–H and O–H groups in total. The van der Waals surface area contributed by atoms with Gasteiger partial charge in [-0.25, -0.2) is 0 Å². The molecule has 1 heterocycles. The molecular weight excluding hydrogens is 266 g/mol. The number of nitriles is 1. The van der Waals surface area contributed by atoms with Crippen molar-refractivity contribution in [3.8, 4) is 6.07 Å². The highest BCUT2D eigenvalue weighted by Crippen LogP contribution is 2.13. The van der Waals surface area contributed by atoms with Gasteiger partial charge in [-0.3, -0.25) is 4.79 Å². The van der Waals surface area contributed by atoms with Crippen molar-refractivity contribution in [1.82, 2.24) is 10.2 Å². The van der Waals surface area contributed by atoms with E-state index in [0.717, 1.165) is 6.42 Å². The summed E-state index contributed by atoms with van der Waals surface area (Å²) in [4.78, 5) is 13.9. The number of carbonyl (C=O) groups excluding carboxylic acids is 1. The van der Waals surface area contributed by atoms with Gasteiger partial charge in [-0.05, 0) is 20.3 Å². The molecule has 106 valence electrons. The Morgan fingerprint density at radius 3 is 2.68 bits per heavy atom. The van der Waals surface area contributed by atoms with Crippen molar-refractivity contribution in [3.63, 3.8) is 0 Å². The van der Waals surface area contributed by atoms with Crippen LogP contribution in [0.15, 0.2) is 11.8 Å². The standard InChI is InChI=1S/C13H20ClN3O2/c1-10-8-17(9-11(2)19-10)13(18)12(6-15)7-16-5-3-4-14/h7,10-11,16H,3-5,8-9H2,1-2H3/b12-7-. The molecule has 1 rings (SSSR count). The molecule has 1 aliphatic heterocycles. The molecule has 1 aliphatic rings. The van der Waals surface area contributed by atoms with Crippen LogP contribution in [-0.2, 0) is 9.53 Å². The predicted octanol–water partition coefficient (Wildman–Crippen LogP) is 1.25. The Kier molecular flexibility index (Phi) is 6.68. The molecule has 1 fully saturated rings. The number of alkyl halides is 1. The largest absolute Gasteiger partial charge is 0.390 e. The van der Waals surface area contributed by atoms with E-state index in [9.17, 15) is 4.79 Å². The minimum Gasteiger partial charge on any atom is -0.390 e. The van der Waals surface area contributed by atoms with Crippen molar-refractivity contribution >= 4 is 17.5 Å². The lowest BCUT2D eigenvalue weighted by Crippen LogP contribution is -2.48. The number of nitrogens with zero attached hydrogens (tertiary/aromatic N) is 2. The van der Waals surface area contributed by atoms with E-state index in [0.29, 0.717) is 25.5 Å². The second-order valence-electron chi connectivity index (χ2n) is 4.63. The van der Waals surface area contributed by atoms with Gasteiger partial charge in [0.2, 0.25) is 0 Å². The minimum absolute atomic E-state index is 0.00292. The van der Waals surface area contributed by atoms with E-state index in [4.69, 9.17) is 21.6 Å². The Balaban J connectivity index is 2.60. The van der Waals surface area contributed by atoms with Crippen LogP contribution >= 0.6 is 11.6 Å². The summed E-state index contributed by atoms with van der Waals surface area (Å²) in [5.74, 6) is 0.303. The second-order valence-corrected chi connectivity index (χ2v) is 5.01. The molecule has 0 radical (unpaired) electrons. The molecule has 19 heavy (non-hydrogen) atoms. The number of carbonyl (C=O) groups is 1. The summed E-state index contributed by atoms with van der Waals surface area (Å²) < 4.78 is 5.57. The van der Waals surface area contributed by atoms with Crippen LogP contribution in [0.1, 0.15) is 20.3 Å². The Morgan fingerprint density at radius 1 is 1.53 bits per heavy atom. The SMILES string of the molecule is CC1CN(C(=O)/C(C#N)=C\NCCCCl)CC(C)O1. The second kappa shape index (κ2) is 8.03. The molecule has 1 amide bonds. The number of hydrogen-bond acceptors (Lipinski definition) is 4. The summed E-state index contributed by atoms with van der Waals surface area (Å²) in [7, 11) is 0. The maximum Gasteiger partial charge on any atom is 0.266 e. The van der Waals surface area contributed by atoms with Crippen LogP contribution in [0.3, 0.4) is 0 Å². The zero-order valence-corrected chi connectivity index (χ0v) is 12.1. The van der Waals surface area contributed by atoms with Crippen LogP contribution in [0, 0.1) is 11.3 Å². The summed E-state index contributed by atoms with van der Waals surface area (Å²) >= 11 is 5.55. The van der Waals surface area contributed by atoms with Gasteiger partial charge >= 0.3 is 0 Å². The highest BCUT2D eigenvalue weighted by atomic mass is 35.5. The minimum atomic E-state index is -0.247. The molecule has 5 nitrogen and oxygen atoms in total. The number of ether oxygens (including phenoxy) is 1. The normalized spacial score (nSPS) is 23.9. The van der Waals surface area contributed by atoms with Crippen LogP contribution in [0.25, 0.3) is 0 Å². The smallest absolute Gasteiger partial charge is 0.266 e. The van der Waals surface area contributed by atoms with Gasteiger partial charge in [0.25, 0.3) is 5.91 Å². The topological polar surface area (TPSA) is 65.4 Å². The lowest BCUT2D eigenvalue weighted by molar-refractivity contribution is -0.138. The first-order chi connectivity index (χ1) is 9.08. The monoisotopic (exact) mass is 285 g/mol. The van der Waals surface area contributed by atoms with E-state index in [1.807, 2.05) is 19.9 Å². The lowest BCUT2D eigenvalue weighted by atomic mass is 10.2. The van der Waals surface area contributed by atoms with Crippen LogP contribution in [-0.4, -0.2) is 48.5 Å². The maximum absolute atomic E-state index is 12.2. The zero-order chi connectivity index (χ0) is 14.3. The zero-order valence-electron chi connectivity index (χ0n) is 11.4. The highest BCUT2D eigenvalue weighted by molar-refractivity contribution is 6.17. The third-order valence-electron chi connectivity index (χ3n) is 2.76. The number of rotatable bonds is 5. The lowest BCUT2D eigenvalue weighted by Gasteiger charge is -2.35. The van der Waals surface area contributed by atoms with Crippen molar-refractivity contribution in [2.45, 2.75) is 32.5 Å². The first-order valence-corrected chi connectivity index (χ1v) is 6.96. The number of nitrogens with one attached hydrogen (secondary N) is 1. The molecule has 0 aromatic heterocycles. The van der Waals surface area contributed by atoms with Gasteiger partial charge in [0.15, 0.2) is 0 Å². The van der Waals surface area contributed by atoms with Gasteiger partial charge < -0.3 is 15.0 Å². The van der Waals surface area contributed by atoms with Crippen LogP contribution in [0.2, 0.25) is 0 Å². The van der Waals surface area contributed by atoms with Crippen molar-refractivity contribution in [2.75, 3.05) is 25.5 Å². The van der Waals surface area contributed by atoms with Crippen molar-refractivity contribution in [2.24, 2.45) is 0 Å². The Labute approximate surface area is 119 Å². The third kappa shape index (κ3) is 5.09. The van der Waals surface area contributed by atoms with Crippen LogP contribution < -0.4 is 5.32 Å².